The van der Waals surface area contributed by atoms with Gasteiger partial charge in [-0.1, -0.05) is 30.3 Å². The van der Waals surface area contributed by atoms with Crippen LogP contribution in [0.25, 0.3) is 0 Å². The van der Waals surface area contributed by atoms with Gasteiger partial charge in [-0.15, -0.1) is 0 Å². The summed E-state index contributed by atoms with van der Waals surface area (Å²) >= 11 is 0. The maximum absolute atomic E-state index is 11.9. The molecule has 1 aromatic rings. The van der Waals surface area contributed by atoms with E-state index < -0.39 is 18.0 Å². The van der Waals surface area contributed by atoms with Crippen LogP contribution in [0, 0.1) is 0 Å². The molecule has 1 heterocycles. The second-order valence-corrected chi connectivity index (χ2v) is 5.43. The minimum atomic E-state index is -1.04. The van der Waals surface area contributed by atoms with Crippen LogP contribution in [-0.4, -0.2) is 67.4 Å². The Balaban J connectivity index is 1.73. The summed E-state index contributed by atoms with van der Waals surface area (Å²) in [6.07, 6.45) is 0.257. The van der Waals surface area contributed by atoms with Gasteiger partial charge in [0, 0.05) is 32.6 Å². The van der Waals surface area contributed by atoms with Crippen LogP contribution in [0.2, 0.25) is 0 Å². The summed E-state index contributed by atoms with van der Waals surface area (Å²) in [5, 5.41) is 14.5. The lowest BCUT2D eigenvalue weighted by atomic mass is 10.1. The minimum absolute atomic E-state index is 0.257. The first-order chi connectivity index (χ1) is 11.1. The van der Waals surface area contributed by atoms with E-state index in [4.69, 9.17) is 4.74 Å². The zero-order valence-corrected chi connectivity index (χ0v) is 13.0. The summed E-state index contributed by atoms with van der Waals surface area (Å²) in [4.78, 5) is 25.4. The highest BCUT2D eigenvalue weighted by Gasteiger charge is 2.20. The third-order valence-corrected chi connectivity index (χ3v) is 3.70. The molecule has 0 bridgehead atoms. The van der Waals surface area contributed by atoms with Crippen molar-refractivity contribution >= 4 is 12.0 Å². The molecular weight excluding hydrogens is 298 g/mol. The molecular formula is C16H23N3O4. The number of nitrogens with one attached hydrogen (secondary N) is 2. The predicted molar refractivity (Wildman–Crippen MR) is 85.4 cm³/mol. The highest BCUT2D eigenvalue weighted by molar-refractivity contribution is 5.82. The van der Waals surface area contributed by atoms with Crippen LogP contribution in [0.15, 0.2) is 30.3 Å². The van der Waals surface area contributed by atoms with Crippen molar-refractivity contribution < 1.29 is 19.4 Å². The van der Waals surface area contributed by atoms with E-state index in [9.17, 15) is 14.7 Å². The van der Waals surface area contributed by atoms with Gasteiger partial charge in [0.1, 0.15) is 6.04 Å². The van der Waals surface area contributed by atoms with Crippen LogP contribution in [0.1, 0.15) is 5.56 Å². The summed E-state index contributed by atoms with van der Waals surface area (Å²) < 4.78 is 5.26. The standard InChI is InChI=1S/C16H23N3O4/c20-15(21)14(12-13-4-2-1-3-5-13)18-16(22)17-6-7-19-8-10-23-11-9-19/h1-5,14H,6-12H2,(H,20,21)(H2,17,18,22). The number of nitrogens with zero attached hydrogens (tertiary/aromatic N) is 1. The summed E-state index contributed by atoms with van der Waals surface area (Å²) in [6, 6.07) is 7.84. The number of benzene rings is 1. The van der Waals surface area contributed by atoms with Crippen molar-refractivity contribution in [2.75, 3.05) is 39.4 Å². The zero-order valence-electron chi connectivity index (χ0n) is 13.0. The molecule has 2 rings (SSSR count). The van der Waals surface area contributed by atoms with E-state index in [1.165, 1.54) is 0 Å². The van der Waals surface area contributed by atoms with Crippen molar-refractivity contribution in [2.45, 2.75) is 12.5 Å². The van der Waals surface area contributed by atoms with Crippen molar-refractivity contribution in [1.29, 1.82) is 0 Å². The van der Waals surface area contributed by atoms with Crippen LogP contribution in [0.4, 0.5) is 4.79 Å². The second-order valence-electron chi connectivity index (χ2n) is 5.43. The van der Waals surface area contributed by atoms with Crippen molar-refractivity contribution in [2.24, 2.45) is 0 Å². The molecule has 7 nitrogen and oxygen atoms in total. The Bertz CT molecular complexity index is 503. The molecule has 0 aromatic heterocycles. The first-order valence-corrected chi connectivity index (χ1v) is 7.76. The van der Waals surface area contributed by atoms with E-state index in [-0.39, 0.29) is 6.42 Å². The number of carboxylic acid groups (broad SMARTS) is 1. The average Bonchev–Trinajstić information content (AvgIpc) is 2.56. The molecule has 1 fully saturated rings. The fourth-order valence-corrected chi connectivity index (χ4v) is 2.41. The Kier molecular flexibility index (Phi) is 6.83. The number of morpholine rings is 1. The Morgan fingerprint density at radius 2 is 1.91 bits per heavy atom. The Hall–Kier alpha value is -2.12. The number of hydrogen-bond acceptors (Lipinski definition) is 4. The maximum Gasteiger partial charge on any atom is 0.326 e. The van der Waals surface area contributed by atoms with Gasteiger partial charge < -0.3 is 20.5 Å². The molecule has 2 amide bonds. The van der Waals surface area contributed by atoms with Crippen molar-refractivity contribution in [1.82, 2.24) is 15.5 Å². The molecule has 1 aliphatic rings. The Morgan fingerprint density at radius 3 is 2.57 bits per heavy atom. The van der Waals surface area contributed by atoms with E-state index in [1.54, 1.807) is 0 Å². The lowest BCUT2D eigenvalue weighted by Gasteiger charge is -2.26. The number of aliphatic carboxylic acids is 1. The van der Waals surface area contributed by atoms with Gasteiger partial charge in [0.2, 0.25) is 0 Å². The van der Waals surface area contributed by atoms with Crippen LogP contribution in [0.3, 0.4) is 0 Å². The van der Waals surface area contributed by atoms with E-state index in [1.807, 2.05) is 30.3 Å². The van der Waals surface area contributed by atoms with Crippen molar-refractivity contribution in [3.05, 3.63) is 35.9 Å². The molecule has 0 spiro atoms. The zero-order chi connectivity index (χ0) is 16.5. The van der Waals surface area contributed by atoms with Gasteiger partial charge in [0.25, 0.3) is 0 Å². The summed E-state index contributed by atoms with van der Waals surface area (Å²) in [7, 11) is 0. The Labute approximate surface area is 135 Å². The molecule has 0 saturated carbocycles. The lowest BCUT2D eigenvalue weighted by Crippen LogP contribution is -2.49. The number of carbonyl (C=O) groups excluding carboxylic acids is 1. The maximum atomic E-state index is 11.9. The van der Waals surface area contributed by atoms with Crippen molar-refractivity contribution in [3.8, 4) is 0 Å². The highest BCUT2D eigenvalue weighted by Crippen LogP contribution is 2.03. The van der Waals surface area contributed by atoms with Crippen molar-refractivity contribution in [3.63, 3.8) is 0 Å². The van der Waals surface area contributed by atoms with Gasteiger partial charge in [-0.25, -0.2) is 9.59 Å². The number of carbonyl (C=O) groups is 2. The third kappa shape index (κ3) is 6.25. The number of carboxylic acids is 1. The van der Waals surface area contributed by atoms with Gasteiger partial charge in [-0.2, -0.15) is 0 Å². The summed E-state index contributed by atoms with van der Waals surface area (Å²) in [5.74, 6) is -1.04. The quantitative estimate of drug-likeness (QED) is 0.672. The number of ether oxygens (including phenoxy) is 1. The molecule has 1 aliphatic heterocycles. The smallest absolute Gasteiger partial charge is 0.326 e. The predicted octanol–water partition coefficient (Wildman–Crippen LogP) is 0.314. The topological polar surface area (TPSA) is 90.9 Å². The summed E-state index contributed by atoms with van der Waals surface area (Å²) in [6.45, 7) is 4.34. The lowest BCUT2D eigenvalue weighted by molar-refractivity contribution is -0.139. The van der Waals surface area contributed by atoms with Gasteiger partial charge in [-0.05, 0) is 5.56 Å². The van der Waals surface area contributed by atoms with Gasteiger partial charge in [-0.3, -0.25) is 4.90 Å². The molecule has 7 heteroatoms. The van der Waals surface area contributed by atoms with E-state index in [0.29, 0.717) is 19.8 Å². The molecule has 23 heavy (non-hydrogen) atoms. The van der Waals surface area contributed by atoms with Gasteiger partial charge in [0.05, 0.1) is 13.2 Å². The second kappa shape index (κ2) is 9.12. The Morgan fingerprint density at radius 1 is 1.22 bits per heavy atom. The van der Waals surface area contributed by atoms with E-state index in [0.717, 1.165) is 25.2 Å². The molecule has 1 atom stereocenters. The average molecular weight is 321 g/mol. The fraction of sp³-hybridized carbons (Fsp3) is 0.500. The number of rotatable bonds is 7. The minimum Gasteiger partial charge on any atom is -0.480 e. The van der Waals surface area contributed by atoms with E-state index >= 15 is 0 Å². The molecule has 1 unspecified atom stereocenters. The molecule has 1 saturated heterocycles. The van der Waals surface area contributed by atoms with E-state index in [2.05, 4.69) is 15.5 Å². The normalized spacial score (nSPS) is 16.5. The largest absolute Gasteiger partial charge is 0.480 e. The van der Waals surface area contributed by atoms with Crippen LogP contribution in [0.5, 0.6) is 0 Å². The molecule has 1 aromatic carbocycles. The SMILES string of the molecule is O=C(NCCN1CCOCC1)NC(Cc1ccccc1)C(=O)O. The van der Waals surface area contributed by atoms with Crippen LogP contribution < -0.4 is 10.6 Å². The number of urea groups is 1. The number of amides is 2. The highest BCUT2D eigenvalue weighted by atomic mass is 16.5. The molecule has 0 aliphatic carbocycles. The number of hydrogen-bond donors (Lipinski definition) is 3. The van der Waals surface area contributed by atoms with Gasteiger partial charge >= 0.3 is 12.0 Å². The first kappa shape index (κ1) is 17.2. The molecule has 0 radical (unpaired) electrons. The first-order valence-electron chi connectivity index (χ1n) is 7.76. The van der Waals surface area contributed by atoms with Gasteiger partial charge in [0.15, 0.2) is 0 Å². The molecule has 126 valence electrons. The third-order valence-electron chi connectivity index (χ3n) is 3.70. The van der Waals surface area contributed by atoms with Crippen LogP contribution >= 0.6 is 0 Å². The van der Waals surface area contributed by atoms with Crippen LogP contribution in [-0.2, 0) is 16.0 Å². The molecule has 3 N–H and O–H groups in total. The monoisotopic (exact) mass is 321 g/mol. The fourth-order valence-electron chi connectivity index (χ4n) is 2.41. The summed E-state index contributed by atoms with van der Waals surface area (Å²) in [5.41, 5.74) is 0.869.